The van der Waals surface area contributed by atoms with Crippen LogP contribution < -0.4 is 16.9 Å². The minimum absolute atomic E-state index is 0.00157. The third kappa shape index (κ3) is 0.701. The molecule has 4 rings (SSSR count). The Morgan fingerprint density at radius 2 is 1.93 bits per heavy atom. The summed E-state index contributed by atoms with van der Waals surface area (Å²) in [6, 6.07) is 0. The second kappa shape index (κ2) is 2.20. The molecular formula is C6H4N4O4S. The Morgan fingerprint density at radius 1 is 1.27 bits per heavy atom. The Balaban J connectivity index is 2.88. The lowest BCUT2D eigenvalue weighted by atomic mass is 10.5. The Bertz CT molecular complexity index is 843. The molecule has 4 aromatic rings. The van der Waals surface area contributed by atoms with E-state index in [2.05, 4.69) is 4.98 Å². The summed E-state index contributed by atoms with van der Waals surface area (Å²) in [6.07, 6.45) is 0. The Labute approximate surface area is 83.0 Å². The molecule has 1 N–H and O–H groups in total. The van der Waals surface area contributed by atoms with Crippen LogP contribution in [0.3, 0.4) is 0 Å². The molecule has 4 aromatic heterocycles. The van der Waals surface area contributed by atoms with Gasteiger partial charge in [-0.25, -0.2) is 9.59 Å². The molecule has 2 bridgehead atoms. The van der Waals surface area contributed by atoms with Gasteiger partial charge in [0, 0.05) is 7.05 Å². The monoisotopic (exact) mass is 228 g/mol. The van der Waals surface area contributed by atoms with Gasteiger partial charge in [-0.15, -0.1) is 0 Å². The largest absolute Gasteiger partial charge is 0.548 e. The molecular weight excluding hydrogens is 224 g/mol. The lowest BCUT2D eigenvalue weighted by molar-refractivity contribution is 0.554. The van der Waals surface area contributed by atoms with Crippen LogP contribution in [0, 0.1) is 0 Å². The molecule has 0 saturated carbocycles. The number of nitrogens with zero attached hydrogens (tertiary/aromatic N) is 3. The predicted octanol–water partition coefficient (Wildman–Crippen LogP) is -1.90. The van der Waals surface area contributed by atoms with Crippen molar-refractivity contribution >= 4 is 22.3 Å². The summed E-state index contributed by atoms with van der Waals surface area (Å²) in [7, 11) is 1.39. The molecule has 0 amide bonds. The van der Waals surface area contributed by atoms with Gasteiger partial charge >= 0.3 is 16.9 Å². The summed E-state index contributed by atoms with van der Waals surface area (Å²) in [5.74, 6) is 0. The number of H-pyrrole nitrogens is 1. The van der Waals surface area contributed by atoms with Crippen LogP contribution in [0.2, 0.25) is 0 Å². The van der Waals surface area contributed by atoms with Gasteiger partial charge in [-0.05, 0) is 7.58 Å². The minimum atomic E-state index is -1.82. The van der Waals surface area contributed by atoms with E-state index in [1.54, 1.807) is 0 Å². The van der Waals surface area contributed by atoms with Crippen molar-refractivity contribution in [1.29, 1.82) is 0 Å². The first-order chi connectivity index (χ1) is 7.04. The van der Waals surface area contributed by atoms with Crippen LogP contribution in [-0.4, -0.2) is 21.7 Å². The highest BCUT2D eigenvalue weighted by Gasteiger charge is 2.28. The van der Waals surface area contributed by atoms with Gasteiger partial charge in [0.05, 0.1) is 0 Å². The van der Waals surface area contributed by atoms with Gasteiger partial charge in [0.1, 0.15) is 0 Å². The molecule has 0 aliphatic heterocycles. The van der Waals surface area contributed by atoms with E-state index in [9.17, 15) is 18.9 Å². The van der Waals surface area contributed by atoms with Crippen LogP contribution in [0.5, 0.6) is 0 Å². The van der Waals surface area contributed by atoms with Crippen LogP contribution in [0.25, 0.3) is 11.2 Å². The quantitative estimate of drug-likeness (QED) is 0.454. The van der Waals surface area contributed by atoms with Crippen LogP contribution in [0.1, 0.15) is 0 Å². The average Bonchev–Trinajstić information content (AvgIpc) is 2.47. The molecule has 0 saturated heterocycles. The predicted molar refractivity (Wildman–Crippen MR) is 50.3 cm³/mol. The molecule has 78 valence electrons. The number of imidazole rings is 1. The lowest BCUT2D eigenvalue weighted by Gasteiger charge is -2.06. The molecule has 1 atom stereocenters. The maximum atomic E-state index is 11.5. The minimum Gasteiger partial charge on any atom is -0.548 e. The van der Waals surface area contributed by atoms with Crippen molar-refractivity contribution in [3.8, 4) is 0 Å². The highest BCUT2D eigenvalue weighted by atomic mass is 32.2. The smallest absolute Gasteiger partial charge is 0.427 e. The van der Waals surface area contributed by atoms with Crippen molar-refractivity contribution in [2.75, 3.05) is 0 Å². The highest BCUT2D eigenvalue weighted by molar-refractivity contribution is 7.15. The second-order valence-corrected chi connectivity index (χ2v) is 4.29. The van der Waals surface area contributed by atoms with E-state index in [-0.39, 0.29) is 11.2 Å². The third-order valence-corrected chi connectivity index (χ3v) is 3.60. The van der Waals surface area contributed by atoms with Gasteiger partial charge in [0.25, 0.3) is 0 Å². The molecule has 0 radical (unpaired) electrons. The van der Waals surface area contributed by atoms with Crippen molar-refractivity contribution in [2.24, 2.45) is 7.05 Å². The van der Waals surface area contributed by atoms with Crippen molar-refractivity contribution in [2.45, 2.75) is 0 Å². The van der Waals surface area contributed by atoms with Crippen LogP contribution in [-0.2, 0) is 7.05 Å². The van der Waals surface area contributed by atoms with E-state index in [0.717, 1.165) is 8.36 Å². The Morgan fingerprint density at radius 3 is 2.53 bits per heavy atom. The maximum Gasteiger partial charge on any atom is 0.427 e. The van der Waals surface area contributed by atoms with Crippen molar-refractivity contribution in [1.82, 2.24) is 17.1 Å². The molecule has 0 aliphatic rings. The molecule has 1 unspecified atom stereocenters. The van der Waals surface area contributed by atoms with Crippen LogP contribution in [0.4, 0.5) is 0 Å². The first-order valence-corrected chi connectivity index (χ1v) is 5.00. The number of aromatic amines is 1. The van der Waals surface area contributed by atoms with Crippen LogP contribution >= 0.6 is 11.1 Å². The zero-order valence-electron chi connectivity index (χ0n) is 7.38. The van der Waals surface area contributed by atoms with Gasteiger partial charge in [-0.3, -0.25) is 14.3 Å². The number of nitrogens with one attached hydrogen (secondary N) is 1. The van der Waals surface area contributed by atoms with E-state index in [1.165, 1.54) is 7.05 Å². The van der Waals surface area contributed by atoms with E-state index in [4.69, 9.17) is 0 Å². The topological polar surface area (TPSA) is 104 Å². The summed E-state index contributed by atoms with van der Waals surface area (Å²) in [5.41, 5.74) is -1.85. The summed E-state index contributed by atoms with van der Waals surface area (Å²) in [6.45, 7) is 0. The molecule has 0 aliphatic carbocycles. The number of hydrogen-bond acceptors (Lipinski definition) is 4. The number of rotatable bonds is 0. The van der Waals surface area contributed by atoms with E-state index in [1.807, 2.05) is 0 Å². The molecule has 0 aromatic carbocycles. The SMILES string of the molecule is Cn1c(=O)[nH]c2c(=O)n3c(=O)n(c21)[s+]3[O-]. The first kappa shape index (κ1) is 8.44. The molecule has 0 fully saturated rings. The molecule has 8 nitrogen and oxygen atoms in total. The van der Waals surface area contributed by atoms with Gasteiger partial charge < -0.3 is 4.55 Å². The lowest BCUT2D eigenvalue weighted by Crippen LogP contribution is -2.40. The van der Waals surface area contributed by atoms with Gasteiger partial charge in [-0.1, -0.05) is 0 Å². The van der Waals surface area contributed by atoms with E-state index in [0.29, 0.717) is 3.79 Å². The van der Waals surface area contributed by atoms with E-state index < -0.39 is 28.1 Å². The summed E-state index contributed by atoms with van der Waals surface area (Å²) < 4.78 is 14.0. The van der Waals surface area contributed by atoms with Crippen molar-refractivity contribution < 1.29 is 4.55 Å². The fraction of sp³-hybridized carbons (Fsp3) is 0.167. The normalized spacial score (nSPS) is 13.3. The molecule has 0 spiro atoms. The standard InChI is InChI=1S/C6H4N4O4S/c1-8-3-2(7-5(8)12)4(11)10-6(13)9(3)15(10)14/h1H3,(H,7,12). The van der Waals surface area contributed by atoms with Crippen LogP contribution in [0.15, 0.2) is 14.4 Å². The fourth-order valence-electron chi connectivity index (χ4n) is 1.59. The summed E-state index contributed by atoms with van der Waals surface area (Å²) >= 11 is -1.82. The third-order valence-electron chi connectivity index (χ3n) is 2.33. The Kier molecular flexibility index (Phi) is 1.24. The number of aryl methyl sites for hydroxylation is 1. The second-order valence-electron chi connectivity index (χ2n) is 3.09. The summed E-state index contributed by atoms with van der Waals surface area (Å²) in [5, 5.41) is 0. The summed E-state index contributed by atoms with van der Waals surface area (Å²) in [4.78, 5) is 36.4. The zero-order valence-corrected chi connectivity index (χ0v) is 8.20. The fourth-order valence-corrected chi connectivity index (χ4v) is 2.66. The van der Waals surface area contributed by atoms with Crippen molar-refractivity contribution in [3.05, 3.63) is 31.3 Å². The van der Waals surface area contributed by atoms with Gasteiger partial charge in [0.2, 0.25) is 5.65 Å². The van der Waals surface area contributed by atoms with E-state index >= 15 is 0 Å². The van der Waals surface area contributed by atoms with Gasteiger partial charge in [0.15, 0.2) is 16.7 Å². The van der Waals surface area contributed by atoms with Crippen molar-refractivity contribution in [3.63, 3.8) is 0 Å². The number of aromatic nitrogens is 4. The highest BCUT2D eigenvalue weighted by Crippen LogP contribution is 2.13. The molecule has 9 heteroatoms. The van der Waals surface area contributed by atoms with Gasteiger partial charge in [-0.2, -0.15) is 0 Å². The zero-order chi connectivity index (χ0) is 10.9. The first-order valence-electron chi connectivity index (χ1n) is 3.93. The molecule has 4 heterocycles. The average molecular weight is 228 g/mol. The number of hydrogen-bond donors (Lipinski definition) is 1. The molecule has 15 heavy (non-hydrogen) atoms. The maximum absolute atomic E-state index is 11.5. The Hall–Kier alpha value is -1.87.